The summed E-state index contributed by atoms with van der Waals surface area (Å²) in [7, 11) is 0. The molecular weight excluding hydrogens is 247 g/mol. The van der Waals surface area contributed by atoms with E-state index < -0.39 is 0 Å². The zero-order valence-electron chi connectivity index (χ0n) is 9.26. The van der Waals surface area contributed by atoms with Gasteiger partial charge in [-0.15, -0.1) is 11.6 Å². The van der Waals surface area contributed by atoms with Crippen LogP contribution in [0.4, 0.5) is 0 Å². The molecule has 0 atom stereocenters. The molecule has 0 saturated heterocycles. The highest BCUT2D eigenvalue weighted by molar-refractivity contribution is 6.33. The van der Waals surface area contributed by atoms with Crippen molar-refractivity contribution in [3.05, 3.63) is 29.0 Å². The summed E-state index contributed by atoms with van der Waals surface area (Å²) in [5.74, 6) is 0.280. The van der Waals surface area contributed by atoms with E-state index in [0.717, 1.165) is 0 Å². The standard InChI is InChI=1S/C11H14Cl2N2O/c1-11(2,6-12)7-15-10(16)8-3-4-14-5-9(8)13/h3-5H,6-7H2,1-2H3,(H,15,16). The van der Waals surface area contributed by atoms with Gasteiger partial charge in [0.1, 0.15) is 0 Å². The maximum atomic E-state index is 11.8. The van der Waals surface area contributed by atoms with Crippen LogP contribution < -0.4 is 5.32 Å². The van der Waals surface area contributed by atoms with Crippen molar-refractivity contribution in [3.63, 3.8) is 0 Å². The fourth-order valence-corrected chi connectivity index (χ4v) is 1.32. The van der Waals surface area contributed by atoms with Crippen molar-refractivity contribution in [1.29, 1.82) is 0 Å². The second-order valence-corrected chi connectivity index (χ2v) is 5.01. The van der Waals surface area contributed by atoms with Crippen LogP contribution in [0.5, 0.6) is 0 Å². The number of hydrogen-bond donors (Lipinski definition) is 1. The number of carbonyl (C=O) groups excluding carboxylic acids is 1. The lowest BCUT2D eigenvalue weighted by Gasteiger charge is -2.21. The molecule has 0 bridgehead atoms. The van der Waals surface area contributed by atoms with Crippen molar-refractivity contribution >= 4 is 29.1 Å². The van der Waals surface area contributed by atoms with Crippen molar-refractivity contribution in [2.75, 3.05) is 12.4 Å². The van der Waals surface area contributed by atoms with Gasteiger partial charge < -0.3 is 5.32 Å². The average molecular weight is 261 g/mol. The van der Waals surface area contributed by atoms with Crippen LogP contribution in [-0.4, -0.2) is 23.3 Å². The maximum absolute atomic E-state index is 11.8. The van der Waals surface area contributed by atoms with Crippen LogP contribution in [0, 0.1) is 5.41 Å². The van der Waals surface area contributed by atoms with Crippen molar-refractivity contribution in [1.82, 2.24) is 10.3 Å². The van der Waals surface area contributed by atoms with E-state index in [2.05, 4.69) is 10.3 Å². The van der Waals surface area contributed by atoms with Gasteiger partial charge in [-0.25, -0.2) is 0 Å². The minimum atomic E-state index is -0.203. The second-order valence-electron chi connectivity index (χ2n) is 4.34. The summed E-state index contributed by atoms with van der Waals surface area (Å²) in [5, 5.41) is 3.15. The van der Waals surface area contributed by atoms with Gasteiger partial charge in [0.2, 0.25) is 0 Å². The topological polar surface area (TPSA) is 42.0 Å². The zero-order valence-corrected chi connectivity index (χ0v) is 10.8. The van der Waals surface area contributed by atoms with Crippen LogP contribution in [0.3, 0.4) is 0 Å². The predicted octanol–water partition coefficient (Wildman–Crippen LogP) is 2.73. The molecule has 1 heterocycles. The number of nitrogens with zero attached hydrogens (tertiary/aromatic N) is 1. The molecule has 0 aliphatic heterocycles. The van der Waals surface area contributed by atoms with Gasteiger partial charge in [-0.1, -0.05) is 25.4 Å². The Bertz CT molecular complexity index is 380. The molecule has 16 heavy (non-hydrogen) atoms. The first kappa shape index (κ1) is 13.3. The normalized spacial score (nSPS) is 11.2. The van der Waals surface area contributed by atoms with E-state index in [1.54, 1.807) is 6.07 Å². The monoisotopic (exact) mass is 260 g/mol. The molecular formula is C11H14Cl2N2O. The number of alkyl halides is 1. The van der Waals surface area contributed by atoms with Crippen molar-refractivity contribution in [2.45, 2.75) is 13.8 Å². The summed E-state index contributed by atoms with van der Waals surface area (Å²) in [6, 6.07) is 1.59. The van der Waals surface area contributed by atoms with Gasteiger partial charge >= 0.3 is 0 Å². The molecule has 1 aromatic heterocycles. The van der Waals surface area contributed by atoms with E-state index in [1.165, 1.54) is 12.4 Å². The van der Waals surface area contributed by atoms with Gasteiger partial charge in [0, 0.05) is 24.8 Å². The number of halogens is 2. The highest BCUT2D eigenvalue weighted by Gasteiger charge is 2.18. The third-order valence-electron chi connectivity index (χ3n) is 2.11. The van der Waals surface area contributed by atoms with Crippen molar-refractivity contribution < 1.29 is 4.79 Å². The van der Waals surface area contributed by atoms with E-state index in [1.807, 2.05) is 13.8 Å². The first-order chi connectivity index (χ1) is 7.46. The quantitative estimate of drug-likeness (QED) is 0.847. The Morgan fingerprint density at radius 2 is 2.25 bits per heavy atom. The van der Waals surface area contributed by atoms with Gasteiger partial charge in [-0.2, -0.15) is 0 Å². The summed E-state index contributed by atoms with van der Waals surface area (Å²) < 4.78 is 0. The Kier molecular flexibility index (Phi) is 4.56. The maximum Gasteiger partial charge on any atom is 0.252 e. The van der Waals surface area contributed by atoms with Gasteiger partial charge in [-0.3, -0.25) is 9.78 Å². The van der Waals surface area contributed by atoms with E-state index >= 15 is 0 Å². The minimum Gasteiger partial charge on any atom is -0.351 e. The summed E-state index contributed by atoms with van der Waals surface area (Å²) in [4.78, 5) is 15.6. The molecule has 1 N–H and O–H groups in total. The Hall–Kier alpha value is -0.800. The highest BCUT2D eigenvalue weighted by atomic mass is 35.5. The van der Waals surface area contributed by atoms with Crippen LogP contribution in [-0.2, 0) is 0 Å². The number of carbonyl (C=O) groups is 1. The minimum absolute atomic E-state index is 0.128. The van der Waals surface area contributed by atoms with Gasteiger partial charge in [0.25, 0.3) is 5.91 Å². The molecule has 0 unspecified atom stereocenters. The average Bonchev–Trinajstić information content (AvgIpc) is 2.27. The summed E-state index contributed by atoms with van der Waals surface area (Å²) in [6.07, 6.45) is 2.98. The number of aromatic nitrogens is 1. The van der Waals surface area contributed by atoms with Crippen LogP contribution in [0.15, 0.2) is 18.5 Å². The number of hydrogen-bond acceptors (Lipinski definition) is 2. The molecule has 0 spiro atoms. The zero-order chi connectivity index (χ0) is 12.2. The smallest absolute Gasteiger partial charge is 0.252 e. The lowest BCUT2D eigenvalue weighted by molar-refractivity contribution is 0.0940. The predicted molar refractivity (Wildman–Crippen MR) is 66.1 cm³/mol. The fraction of sp³-hybridized carbons (Fsp3) is 0.455. The number of pyridine rings is 1. The molecule has 0 aliphatic rings. The first-order valence-electron chi connectivity index (χ1n) is 4.90. The molecule has 0 fully saturated rings. The SMILES string of the molecule is CC(C)(CCl)CNC(=O)c1ccncc1Cl. The molecule has 1 rings (SSSR count). The molecule has 1 amide bonds. The molecule has 0 radical (unpaired) electrons. The van der Waals surface area contributed by atoms with Crippen molar-refractivity contribution in [3.8, 4) is 0 Å². The van der Waals surface area contributed by atoms with E-state index in [0.29, 0.717) is 23.0 Å². The molecule has 88 valence electrons. The van der Waals surface area contributed by atoms with E-state index in [9.17, 15) is 4.79 Å². The van der Waals surface area contributed by atoms with E-state index in [-0.39, 0.29) is 11.3 Å². The van der Waals surface area contributed by atoms with Gasteiger partial charge in [0.05, 0.1) is 10.6 Å². The Morgan fingerprint density at radius 3 is 2.81 bits per heavy atom. The number of amides is 1. The van der Waals surface area contributed by atoms with Crippen LogP contribution in [0.2, 0.25) is 5.02 Å². The molecule has 1 aromatic rings. The molecule has 0 aromatic carbocycles. The van der Waals surface area contributed by atoms with Crippen LogP contribution in [0.25, 0.3) is 0 Å². The Labute approximate surface area is 105 Å². The fourth-order valence-electron chi connectivity index (χ4n) is 1.02. The van der Waals surface area contributed by atoms with Gasteiger partial charge in [0.15, 0.2) is 0 Å². The van der Waals surface area contributed by atoms with Crippen LogP contribution >= 0.6 is 23.2 Å². The number of nitrogens with one attached hydrogen (secondary N) is 1. The third-order valence-corrected chi connectivity index (χ3v) is 3.13. The molecule has 3 nitrogen and oxygen atoms in total. The summed E-state index contributed by atoms with van der Waals surface area (Å²) >= 11 is 11.6. The summed E-state index contributed by atoms with van der Waals surface area (Å²) in [5.41, 5.74) is 0.304. The lowest BCUT2D eigenvalue weighted by atomic mass is 9.96. The Morgan fingerprint density at radius 1 is 1.56 bits per heavy atom. The lowest BCUT2D eigenvalue weighted by Crippen LogP contribution is -2.35. The second kappa shape index (κ2) is 5.51. The molecule has 0 aliphatic carbocycles. The third kappa shape index (κ3) is 3.65. The van der Waals surface area contributed by atoms with Gasteiger partial charge in [-0.05, 0) is 11.5 Å². The van der Waals surface area contributed by atoms with Crippen molar-refractivity contribution in [2.24, 2.45) is 5.41 Å². The Balaban J connectivity index is 2.64. The first-order valence-corrected chi connectivity index (χ1v) is 5.81. The van der Waals surface area contributed by atoms with Crippen LogP contribution in [0.1, 0.15) is 24.2 Å². The molecule has 5 heteroatoms. The highest BCUT2D eigenvalue weighted by Crippen LogP contribution is 2.17. The number of rotatable bonds is 4. The molecule has 0 saturated carbocycles. The summed E-state index contributed by atoms with van der Waals surface area (Å²) in [6.45, 7) is 4.47. The van der Waals surface area contributed by atoms with E-state index in [4.69, 9.17) is 23.2 Å². The largest absolute Gasteiger partial charge is 0.351 e.